The highest BCUT2D eigenvalue weighted by molar-refractivity contribution is 5.21. The molecule has 0 unspecified atom stereocenters. The first-order valence-electron chi connectivity index (χ1n) is 6.07. The molecule has 0 amide bonds. The van der Waals surface area contributed by atoms with Crippen molar-refractivity contribution >= 4 is 0 Å². The molecule has 0 fully saturated rings. The van der Waals surface area contributed by atoms with E-state index in [0.717, 1.165) is 15.9 Å². The predicted octanol–water partition coefficient (Wildman–Crippen LogP) is 1.77. The van der Waals surface area contributed by atoms with Crippen molar-refractivity contribution in [1.82, 2.24) is 24.9 Å². The Morgan fingerprint density at radius 3 is 2.15 bits per heavy atom. The van der Waals surface area contributed by atoms with Crippen LogP contribution in [0.25, 0.3) is 0 Å². The lowest BCUT2D eigenvalue weighted by molar-refractivity contribution is -0.144. The Morgan fingerprint density at radius 1 is 1.05 bits per heavy atom. The number of hydrogen-bond acceptors (Lipinski definition) is 3. The predicted molar refractivity (Wildman–Crippen MR) is 66.7 cm³/mol. The number of alkyl halides is 3. The number of nitrogens with zero attached hydrogens (tertiary/aromatic N) is 4. The molecule has 2 heterocycles. The SMILES string of the molecule is Cc1c(CNCc2cnn(C)c2C(F)(F)F)cnn1C. The van der Waals surface area contributed by atoms with Crippen molar-refractivity contribution in [3.05, 3.63) is 34.9 Å². The standard InChI is InChI=1S/C12H16F3N5/c1-8-9(6-17-19(8)2)4-16-5-10-7-18-20(3)11(10)12(13,14)15/h6-7,16H,4-5H2,1-3H3. The van der Waals surface area contributed by atoms with Crippen LogP contribution in [0.4, 0.5) is 13.2 Å². The van der Waals surface area contributed by atoms with Crippen molar-refractivity contribution in [2.45, 2.75) is 26.2 Å². The summed E-state index contributed by atoms with van der Waals surface area (Å²) in [6, 6.07) is 0. The summed E-state index contributed by atoms with van der Waals surface area (Å²) in [6.45, 7) is 2.48. The van der Waals surface area contributed by atoms with E-state index in [-0.39, 0.29) is 12.1 Å². The van der Waals surface area contributed by atoms with Gasteiger partial charge >= 0.3 is 6.18 Å². The fraction of sp³-hybridized carbons (Fsp3) is 0.500. The van der Waals surface area contributed by atoms with Crippen LogP contribution in [0, 0.1) is 6.92 Å². The van der Waals surface area contributed by atoms with Gasteiger partial charge in [0.25, 0.3) is 0 Å². The van der Waals surface area contributed by atoms with Crippen LogP contribution in [0.3, 0.4) is 0 Å². The van der Waals surface area contributed by atoms with Crippen LogP contribution in [0.1, 0.15) is 22.5 Å². The van der Waals surface area contributed by atoms with E-state index in [1.807, 2.05) is 14.0 Å². The van der Waals surface area contributed by atoms with Crippen LogP contribution in [0.2, 0.25) is 0 Å². The van der Waals surface area contributed by atoms with Gasteiger partial charge in [-0.15, -0.1) is 0 Å². The normalized spacial score (nSPS) is 12.1. The summed E-state index contributed by atoms with van der Waals surface area (Å²) >= 11 is 0. The number of halogens is 3. The summed E-state index contributed by atoms with van der Waals surface area (Å²) in [6.07, 6.45) is -1.45. The lowest BCUT2D eigenvalue weighted by Crippen LogP contribution is -2.19. The highest BCUT2D eigenvalue weighted by Crippen LogP contribution is 2.31. The van der Waals surface area contributed by atoms with Gasteiger partial charge in [-0.2, -0.15) is 23.4 Å². The molecule has 0 aliphatic rings. The molecule has 0 aliphatic carbocycles. The zero-order valence-electron chi connectivity index (χ0n) is 11.5. The molecule has 5 nitrogen and oxygen atoms in total. The highest BCUT2D eigenvalue weighted by atomic mass is 19.4. The first kappa shape index (κ1) is 14.6. The van der Waals surface area contributed by atoms with Gasteiger partial charge in [-0.25, -0.2) is 0 Å². The van der Waals surface area contributed by atoms with Crippen molar-refractivity contribution in [2.75, 3.05) is 0 Å². The number of hydrogen-bond donors (Lipinski definition) is 1. The zero-order valence-corrected chi connectivity index (χ0v) is 11.5. The molecule has 8 heteroatoms. The smallest absolute Gasteiger partial charge is 0.308 e. The van der Waals surface area contributed by atoms with Crippen LogP contribution < -0.4 is 5.32 Å². The summed E-state index contributed by atoms with van der Waals surface area (Å²) in [5, 5.41) is 10.7. The van der Waals surface area contributed by atoms with Crippen molar-refractivity contribution in [3.63, 3.8) is 0 Å². The number of aromatic nitrogens is 4. The van der Waals surface area contributed by atoms with Gasteiger partial charge in [0.1, 0.15) is 5.69 Å². The monoisotopic (exact) mass is 287 g/mol. The number of aryl methyl sites for hydroxylation is 2. The molecule has 0 bridgehead atoms. The molecule has 0 saturated carbocycles. The van der Waals surface area contributed by atoms with Gasteiger partial charge in [0.2, 0.25) is 0 Å². The van der Waals surface area contributed by atoms with Gasteiger partial charge in [0, 0.05) is 44.0 Å². The molecular weight excluding hydrogens is 271 g/mol. The van der Waals surface area contributed by atoms with E-state index in [0.29, 0.717) is 6.54 Å². The van der Waals surface area contributed by atoms with Crippen molar-refractivity contribution in [1.29, 1.82) is 0 Å². The third-order valence-corrected chi connectivity index (χ3v) is 3.25. The van der Waals surface area contributed by atoms with E-state index in [1.165, 1.54) is 13.2 Å². The molecule has 2 aromatic heterocycles. The Hall–Kier alpha value is -1.83. The summed E-state index contributed by atoms with van der Waals surface area (Å²) in [4.78, 5) is 0. The molecule has 2 aromatic rings. The first-order valence-corrected chi connectivity index (χ1v) is 6.07. The average Bonchev–Trinajstić information content (AvgIpc) is 2.86. The van der Waals surface area contributed by atoms with Crippen LogP contribution in [-0.4, -0.2) is 19.6 Å². The third-order valence-electron chi connectivity index (χ3n) is 3.25. The Morgan fingerprint density at radius 2 is 1.60 bits per heavy atom. The van der Waals surface area contributed by atoms with Gasteiger partial charge in [-0.05, 0) is 6.92 Å². The van der Waals surface area contributed by atoms with Crippen LogP contribution in [0.5, 0.6) is 0 Å². The molecule has 1 N–H and O–H groups in total. The molecule has 0 radical (unpaired) electrons. The van der Waals surface area contributed by atoms with E-state index in [9.17, 15) is 13.2 Å². The minimum absolute atomic E-state index is 0.108. The lowest BCUT2D eigenvalue weighted by Gasteiger charge is -2.10. The van der Waals surface area contributed by atoms with E-state index in [2.05, 4.69) is 15.5 Å². The second-order valence-corrected chi connectivity index (χ2v) is 4.62. The Bertz CT molecular complexity index is 597. The third kappa shape index (κ3) is 2.84. The van der Waals surface area contributed by atoms with Crippen molar-refractivity contribution in [3.8, 4) is 0 Å². The average molecular weight is 287 g/mol. The highest BCUT2D eigenvalue weighted by Gasteiger charge is 2.37. The summed E-state index contributed by atoms with van der Waals surface area (Å²) in [5.74, 6) is 0. The molecule has 0 saturated heterocycles. The van der Waals surface area contributed by atoms with E-state index >= 15 is 0 Å². The molecular formula is C12H16F3N5. The second kappa shape index (κ2) is 5.28. The van der Waals surface area contributed by atoms with Crippen molar-refractivity contribution in [2.24, 2.45) is 14.1 Å². The molecule has 0 atom stereocenters. The zero-order chi connectivity index (χ0) is 14.9. The topological polar surface area (TPSA) is 47.7 Å². The number of nitrogens with one attached hydrogen (secondary N) is 1. The number of rotatable bonds is 4. The molecule has 20 heavy (non-hydrogen) atoms. The maximum absolute atomic E-state index is 12.9. The lowest BCUT2D eigenvalue weighted by atomic mass is 10.2. The van der Waals surface area contributed by atoms with Gasteiger partial charge in [-0.1, -0.05) is 0 Å². The molecule has 0 aliphatic heterocycles. The maximum Gasteiger partial charge on any atom is 0.433 e. The summed E-state index contributed by atoms with van der Waals surface area (Å²) in [7, 11) is 3.11. The van der Waals surface area contributed by atoms with Gasteiger partial charge < -0.3 is 5.32 Å². The largest absolute Gasteiger partial charge is 0.433 e. The fourth-order valence-electron chi connectivity index (χ4n) is 2.03. The minimum Gasteiger partial charge on any atom is -0.308 e. The van der Waals surface area contributed by atoms with Crippen LogP contribution in [-0.2, 0) is 33.4 Å². The molecule has 110 valence electrons. The summed E-state index contributed by atoms with van der Waals surface area (Å²) in [5.41, 5.74) is 1.37. The fourth-order valence-corrected chi connectivity index (χ4v) is 2.03. The van der Waals surface area contributed by atoms with Gasteiger partial charge in [0.05, 0.1) is 12.4 Å². The maximum atomic E-state index is 12.9. The van der Waals surface area contributed by atoms with Crippen LogP contribution >= 0.6 is 0 Å². The Kier molecular flexibility index (Phi) is 3.85. The Balaban J connectivity index is 2.04. The first-order chi connectivity index (χ1) is 9.30. The molecule has 0 spiro atoms. The Labute approximate surface area is 114 Å². The van der Waals surface area contributed by atoms with E-state index < -0.39 is 11.9 Å². The molecule has 2 rings (SSSR count). The van der Waals surface area contributed by atoms with Crippen molar-refractivity contribution < 1.29 is 13.2 Å². The van der Waals surface area contributed by atoms with Gasteiger partial charge in [-0.3, -0.25) is 9.36 Å². The van der Waals surface area contributed by atoms with E-state index in [1.54, 1.807) is 10.9 Å². The molecule has 0 aromatic carbocycles. The second-order valence-electron chi connectivity index (χ2n) is 4.62. The van der Waals surface area contributed by atoms with Crippen LogP contribution in [0.15, 0.2) is 12.4 Å². The summed E-state index contributed by atoms with van der Waals surface area (Å²) < 4.78 is 41.2. The van der Waals surface area contributed by atoms with E-state index in [4.69, 9.17) is 0 Å². The minimum atomic E-state index is -4.40. The van der Waals surface area contributed by atoms with Gasteiger partial charge in [0.15, 0.2) is 0 Å². The quantitative estimate of drug-likeness (QED) is 0.932.